The van der Waals surface area contributed by atoms with E-state index in [2.05, 4.69) is 35.2 Å². The van der Waals surface area contributed by atoms with Gasteiger partial charge in [0, 0.05) is 58.0 Å². The number of piperazine rings is 1. The van der Waals surface area contributed by atoms with Crippen molar-refractivity contribution < 1.29 is 19.5 Å². The van der Waals surface area contributed by atoms with E-state index in [1.54, 1.807) is 51.1 Å². The van der Waals surface area contributed by atoms with Crippen molar-refractivity contribution in [3.05, 3.63) is 102 Å². The van der Waals surface area contributed by atoms with Crippen LogP contribution < -0.4 is 4.90 Å². The summed E-state index contributed by atoms with van der Waals surface area (Å²) in [5, 5.41) is 14.4. The van der Waals surface area contributed by atoms with Crippen molar-refractivity contribution in [2.24, 2.45) is 5.92 Å². The number of carbonyl (C=O) groups is 3. The second-order valence-corrected chi connectivity index (χ2v) is 14.4. The average Bonchev–Trinajstić information content (AvgIpc) is 3.11. The molecule has 11 heteroatoms. The summed E-state index contributed by atoms with van der Waals surface area (Å²) in [6, 6.07) is 26.4. The lowest BCUT2D eigenvalue weighted by atomic mass is 9.92. The van der Waals surface area contributed by atoms with Gasteiger partial charge in [-0.1, -0.05) is 60.7 Å². The molecule has 3 aliphatic heterocycles. The van der Waals surface area contributed by atoms with Gasteiger partial charge < -0.3 is 19.8 Å². The standard InChI is InChI=1S/C40H47N7O4/c1-42(2)39-32(23-31-11-7-8-12-34(31)41-39)25-45-26-36-46(35(40(45)51)21-28-13-15-33(48)16-14-28)38(50)27-43(3)47(36)37(49)22-29-17-19-44(20-18-29)24-30-9-5-4-6-10-30/h4-16,23,29,35-36,48H,17-22,24-27H2,1-3H3/t35-,36?/m0/s1. The SMILES string of the molecule is CN(C)c1nc2ccccc2cc1CN1CC2N(C(=O)CN(C)N2C(=O)CC2CCN(Cc3ccccc3)CC2)[C@@H](Cc2ccc(O)cc2)C1=O. The van der Waals surface area contributed by atoms with Gasteiger partial charge in [0.15, 0.2) is 0 Å². The van der Waals surface area contributed by atoms with Crippen LogP contribution in [-0.4, -0.2) is 112 Å². The molecule has 4 heterocycles. The lowest BCUT2D eigenvalue weighted by Crippen LogP contribution is -2.75. The number of phenolic OH excluding ortho intramolecular Hbond substituents is 1. The van der Waals surface area contributed by atoms with Crippen molar-refractivity contribution in [1.82, 2.24) is 29.7 Å². The number of pyridine rings is 1. The Kier molecular flexibility index (Phi) is 9.93. The number of benzene rings is 3. The topological polar surface area (TPSA) is 104 Å². The number of likely N-dealkylation sites (N-methyl/N-ethyl adjacent to an activating group) is 1. The number of rotatable bonds is 9. The quantitative estimate of drug-likeness (QED) is 0.280. The Morgan fingerprint density at radius 1 is 0.902 bits per heavy atom. The molecule has 0 aliphatic carbocycles. The number of para-hydroxylation sites is 1. The lowest BCUT2D eigenvalue weighted by molar-refractivity contribution is -0.203. The highest BCUT2D eigenvalue weighted by molar-refractivity contribution is 5.92. The maximum absolute atomic E-state index is 14.5. The van der Waals surface area contributed by atoms with Gasteiger partial charge in [-0.15, -0.1) is 0 Å². The molecule has 4 aromatic rings. The van der Waals surface area contributed by atoms with E-state index in [4.69, 9.17) is 4.98 Å². The van der Waals surface area contributed by atoms with Crippen LogP contribution in [0, 0.1) is 5.92 Å². The maximum Gasteiger partial charge on any atom is 0.246 e. The molecule has 51 heavy (non-hydrogen) atoms. The predicted octanol–water partition coefficient (Wildman–Crippen LogP) is 4.11. The first-order valence-corrected chi connectivity index (χ1v) is 17.9. The summed E-state index contributed by atoms with van der Waals surface area (Å²) in [7, 11) is 5.67. The fourth-order valence-corrected chi connectivity index (χ4v) is 7.96. The van der Waals surface area contributed by atoms with Crippen LogP contribution in [-0.2, 0) is 33.9 Å². The van der Waals surface area contributed by atoms with Crippen molar-refractivity contribution in [2.75, 3.05) is 52.2 Å². The number of aromatic hydroxyl groups is 1. The van der Waals surface area contributed by atoms with Crippen LogP contribution >= 0.6 is 0 Å². The molecule has 3 aromatic carbocycles. The van der Waals surface area contributed by atoms with Gasteiger partial charge >= 0.3 is 0 Å². The number of carbonyl (C=O) groups excluding carboxylic acids is 3. The lowest BCUT2D eigenvalue weighted by Gasteiger charge is -2.55. The van der Waals surface area contributed by atoms with Crippen molar-refractivity contribution in [1.29, 1.82) is 0 Å². The largest absolute Gasteiger partial charge is 0.508 e. The minimum atomic E-state index is -0.817. The fourth-order valence-electron chi connectivity index (χ4n) is 7.96. The van der Waals surface area contributed by atoms with E-state index in [0.717, 1.165) is 60.3 Å². The van der Waals surface area contributed by atoms with Gasteiger partial charge in [0.1, 0.15) is 23.8 Å². The first-order valence-electron chi connectivity index (χ1n) is 17.9. The van der Waals surface area contributed by atoms with Gasteiger partial charge in [0.25, 0.3) is 0 Å². The summed E-state index contributed by atoms with van der Waals surface area (Å²) in [4.78, 5) is 55.5. The second-order valence-electron chi connectivity index (χ2n) is 14.4. The van der Waals surface area contributed by atoms with E-state index < -0.39 is 12.2 Å². The number of piperidine rings is 1. The third-order valence-electron chi connectivity index (χ3n) is 10.5. The van der Waals surface area contributed by atoms with Crippen LogP contribution in [0.15, 0.2) is 84.9 Å². The molecule has 0 radical (unpaired) electrons. The van der Waals surface area contributed by atoms with Gasteiger partial charge in [-0.05, 0) is 67.2 Å². The van der Waals surface area contributed by atoms with Crippen LogP contribution in [0.25, 0.3) is 10.9 Å². The van der Waals surface area contributed by atoms with Crippen LogP contribution in [0.4, 0.5) is 5.82 Å². The Bertz CT molecular complexity index is 1880. The van der Waals surface area contributed by atoms with Crippen molar-refractivity contribution in [2.45, 2.75) is 51.0 Å². The number of anilines is 1. The molecule has 266 valence electrons. The molecule has 3 saturated heterocycles. The molecule has 1 unspecified atom stereocenters. The number of phenols is 1. The molecule has 0 spiro atoms. The number of aromatic nitrogens is 1. The second kappa shape index (κ2) is 14.7. The molecule has 1 aromatic heterocycles. The summed E-state index contributed by atoms with van der Waals surface area (Å²) in [6.07, 6.45) is 1.86. The van der Waals surface area contributed by atoms with Crippen molar-refractivity contribution in [3.63, 3.8) is 0 Å². The molecule has 0 bridgehead atoms. The van der Waals surface area contributed by atoms with E-state index in [1.165, 1.54) is 5.56 Å². The minimum absolute atomic E-state index is 0.0104. The zero-order valence-electron chi connectivity index (χ0n) is 29.7. The van der Waals surface area contributed by atoms with Crippen LogP contribution in [0.3, 0.4) is 0 Å². The Morgan fingerprint density at radius 2 is 1.61 bits per heavy atom. The molecular weight excluding hydrogens is 642 g/mol. The van der Waals surface area contributed by atoms with Gasteiger partial charge in [-0.2, -0.15) is 0 Å². The summed E-state index contributed by atoms with van der Waals surface area (Å²) < 4.78 is 0. The van der Waals surface area contributed by atoms with Crippen LogP contribution in [0.5, 0.6) is 5.75 Å². The van der Waals surface area contributed by atoms with Crippen molar-refractivity contribution >= 4 is 34.4 Å². The molecule has 3 fully saturated rings. The van der Waals surface area contributed by atoms with E-state index in [9.17, 15) is 19.5 Å². The molecule has 7 rings (SSSR count). The van der Waals surface area contributed by atoms with Crippen LogP contribution in [0.2, 0.25) is 0 Å². The fraction of sp³-hybridized carbons (Fsp3) is 0.400. The highest BCUT2D eigenvalue weighted by Gasteiger charge is 2.50. The molecule has 1 N–H and O–H groups in total. The maximum atomic E-state index is 14.5. The number of likely N-dealkylation sites (tertiary alicyclic amines) is 1. The Labute approximate surface area is 299 Å². The van der Waals surface area contributed by atoms with Gasteiger partial charge in [0.05, 0.1) is 18.6 Å². The predicted molar refractivity (Wildman–Crippen MR) is 196 cm³/mol. The number of hydrogen-bond donors (Lipinski definition) is 1. The average molecular weight is 690 g/mol. The van der Waals surface area contributed by atoms with E-state index in [1.807, 2.05) is 49.3 Å². The number of hydrazine groups is 1. The number of amides is 3. The third-order valence-corrected chi connectivity index (χ3v) is 10.5. The molecule has 0 saturated carbocycles. The zero-order valence-corrected chi connectivity index (χ0v) is 29.7. The molecule has 11 nitrogen and oxygen atoms in total. The van der Waals surface area contributed by atoms with Gasteiger partial charge in [-0.3, -0.25) is 24.3 Å². The molecular formula is C40H47N7O4. The summed E-state index contributed by atoms with van der Waals surface area (Å²) in [5.41, 5.74) is 3.87. The molecule has 3 amide bonds. The van der Waals surface area contributed by atoms with Crippen molar-refractivity contribution in [3.8, 4) is 5.75 Å². The van der Waals surface area contributed by atoms with E-state index in [-0.39, 0.29) is 55.4 Å². The van der Waals surface area contributed by atoms with Gasteiger partial charge in [-0.25, -0.2) is 9.99 Å². The highest BCUT2D eigenvalue weighted by atomic mass is 16.3. The number of hydrogen-bond acceptors (Lipinski definition) is 8. The Hall–Kier alpha value is -5.00. The Balaban J connectivity index is 1.15. The monoisotopic (exact) mass is 689 g/mol. The first kappa shape index (κ1) is 34.4. The third kappa shape index (κ3) is 7.41. The highest BCUT2D eigenvalue weighted by Crippen LogP contribution is 2.32. The molecule has 3 aliphatic rings. The molecule has 2 atom stereocenters. The normalized spacial score (nSPS) is 20.6. The first-order chi connectivity index (χ1) is 24.6. The summed E-state index contributed by atoms with van der Waals surface area (Å²) in [5.74, 6) is 0.756. The minimum Gasteiger partial charge on any atom is -0.508 e. The van der Waals surface area contributed by atoms with Crippen LogP contribution in [0.1, 0.15) is 36.0 Å². The summed E-state index contributed by atoms with van der Waals surface area (Å²) >= 11 is 0. The number of fused-ring (bicyclic) bond motifs is 2. The smallest absolute Gasteiger partial charge is 0.246 e. The summed E-state index contributed by atoms with van der Waals surface area (Å²) in [6.45, 7) is 3.24. The van der Waals surface area contributed by atoms with E-state index >= 15 is 0 Å². The Morgan fingerprint density at radius 3 is 2.33 bits per heavy atom. The zero-order chi connectivity index (χ0) is 35.6. The van der Waals surface area contributed by atoms with Gasteiger partial charge in [0.2, 0.25) is 17.7 Å². The van der Waals surface area contributed by atoms with E-state index in [0.29, 0.717) is 6.42 Å². The number of nitrogens with zero attached hydrogens (tertiary/aromatic N) is 7.